The van der Waals surface area contributed by atoms with E-state index in [0.717, 1.165) is 11.1 Å². The van der Waals surface area contributed by atoms with Crippen molar-refractivity contribution in [1.82, 2.24) is 10.6 Å². The van der Waals surface area contributed by atoms with Crippen LogP contribution < -0.4 is 24.8 Å². The molecule has 0 aliphatic carbocycles. The number of carbonyl (C=O) groups is 3. The molecule has 0 aromatic heterocycles. The molecule has 39 heavy (non-hydrogen) atoms. The van der Waals surface area contributed by atoms with Gasteiger partial charge in [0.25, 0.3) is 0 Å². The third-order valence-corrected chi connectivity index (χ3v) is 5.11. The van der Waals surface area contributed by atoms with E-state index in [1.165, 1.54) is 0 Å². The van der Waals surface area contributed by atoms with Crippen molar-refractivity contribution in [2.45, 2.75) is 45.4 Å². The minimum atomic E-state index is -1.36. The van der Waals surface area contributed by atoms with Crippen LogP contribution in [0.15, 0.2) is 42.5 Å². The van der Waals surface area contributed by atoms with Gasteiger partial charge in [0.15, 0.2) is 0 Å². The average molecular weight is 545 g/mol. The quantitative estimate of drug-likeness (QED) is 0.154. The van der Waals surface area contributed by atoms with Crippen LogP contribution in [-0.2, 0) is 14.3 Å². The molecule has 2 unspecified atom stereocenters. The van der Waals surface area contributed by atoms with Crippen LogP contribution >= 0.6 is 0 Å². The van der Waals surface area contributed by atoms with E-state index >= 15 is 0 Å². The van der Waals surface area contributed by atoms with Crippen LogP contribution in [0.4, 0.5) is 9.59 Å². The second-order valence-corrected chi connectivity index (χ2v) is 9.40. The van der Waals surface area contributed by atoms with Crippen molar-refractivity contribution in [2.75, 3.05) is 27.4 Å². The molecular weight excluding hydrogens is 508 g/mol. The van der Waals surface area contributed by atoms with E-state index in [0.29, 0.717) is 11.5 Å². The molecule has 11 heteroatoms. The highest BCUT2D eigenvalue weighted by molar-refractivity contribution is 5.85. The summed E-state index contributed by atoms with van der Waals surface area (Å²) in [5.74, 6) is 1.03. The number of carbonyl (C=O) groups excluding carboxylic acids is 2. The average Bonchev–Trinajstić information content (AvgIpc) is 2.87. The van der Waals surface area contributed by atoms with Crippen LogP contribution in [0.1, 0.15) is 38.8 Å². The first-order valence-corrected chi connectivity index (χ1v) is 12.2. The van der Waals surface area contributed by atoms with Gasteiger partial charge < -0.3 is 39.4 Å². The number of benzene rings is 2. The van der Waals surface area contributed by atoms with Gasteiger partial charge in [-0.25, -0.2) is 9.59 Å². The number of carboxylic acid groups (broad SMARTS) is 1. The molecule has 0 aliphatic rings. The molecule has 0 saturated carbocycles. The molecule has 3 N–H and O–H groups in total. The Kier molecular flexibility index (Phi) is 11.6. The van der Waals surface area contributed by atoms with Crippen LogP contribution in [-0.4, -0.2) is 68.4 Å². The molecule has 0 fully saturated rings. The maximum atomic E-state index is 12.5. The predicted molar refractivity (Wildman–Crippen MR) is 145 cm³/mol. The first kappa shape index (κ1) is 31.0. The summed E-state index contributed by atoms with van der Waals surface area (Å²) in [5.41, 5.74) is 1.18. The van der Waals surface area contributed by atoms with Gasteiger partial charge in [0, 0.05) is 6.07 Å². The molecule has 2 aromatic rings. The largest absolute Gasteiger partial charge is 0.513 e. The van der Waals surface area contributed by atoms with Crippen LogP contribution in [0.5, 0.6) is 17.2 Å². The molecule has 0 spiro atoms. The standard InChI is InChI=1S/C28H36N2O9/c1-18(39-28(2,3)4)24(30-26(32)33)25(31)29-13-14-37-27(34)38-21-11-9-19(10-12-21)7-8-20-15-22(35-5)17-23(16-20)36-6/h7-12,15-18,24,30H,13-14H2,1-6H3,(H,29,31)(H,32,33). The van der Waals surface area contributed by atoms with E-state index < -0.39 is 35.9 Å². The van der Waals surface area contributed by atoms with Gasteiger partial charge in [-0.1, -0.05) is 24.3 Å². The molecule has 0 radical (unpaired) electrons. The number of hydrogen-bond acceptors (Lipinski definition) is 8. The number of hydrogen-bond donors (Lipinski definition) is 3. The lowest BCUT2D eigenvalue weighted by Crippen LogP contribution is -2.54. The summed E-state index contributed by atoms with van der Waals surface area (Å²) in [6.45, 7) is 6.75. The minimum absolute atomic E-state index is 0.0488. The first-order valence-electron chi connectivity index (χ1n) is 12.2. The van der Waals surface area contributed by atoms with Crippen molar-refractivity contribution in [3.63, 3.8) is 0 Å². The summed E-state index contributed by atoms with van der Waals surface area (Å²) in [4.78, 5) is 35.6. The third-order valence-electron chi connectivity index (χ3n) is 5.11. The van der Waals surface area contributed by atoms with Crippen LogP contribution in [0.2, 0.25) is 0 Å². The zero-order chi connectivity index (χ0) is 29.0. The summed E-state index contributed by atoms with van der Waals surface area (Å²) in [7, 11) is 3.17. The van der Waals surface area contributed by atoms with Crippen LogP contribution in [0.25, 0.3) is 12.2 Å². The van der Waals surface area contributed by atoms with E-state index in [-0.39, 0.29) is 18.9 Å². The fraction of sp³-hybridized carbons (Fsp3) is 0.393. The van der Waals surface area contributed by atoms with Crippen molar-refractivity contribution in [3.05, 3.63) is 53.6 Å². The van der Waals surface area contributed by atoms with Gasteiger partial charge in [0.05, 0.1) is 32.5 Å². The van der Waals surface area contributed by atoms with E-state index in [2.05, 4.69) is 10.6 Å². The lowest BCUT2D eigenvalue weighted by molar-refractivity contribution is -0.131. The molecule has 212 valence electrons. The van der Waals surface area contributed by atoms with Gasteiger partial charge in [0.1, 0.15) is 29.9 Å². The molecule has 2 amide bonds. The highest BCUT2D eigenvalue weighted by Crippen LogP contribution is 2.24. The molecule has 0 saturated heterocycles. The number of nitrogens with one attached hydrogen (secondary N) is 2. The summed E-state index contributed by atoms with van der Waals surface area (Å²) in [5, 5.41) is 13.7. The highest BCUT2D eigenvalue weighted by Gasteiger charge is 2.30. The monoisotopic (exact) mass is 544 g/mol. The van der Waals surface area contributed by atoms with Crippen molar-refractivity contribution >= 4 is 30.3 Å². The van der Waals surface area contributed by atoms with Crippen LogP contribution in [0, 0.1) is 0 Å². The van der Waals surface area contributed by atoms with Crippen molar-refractivity contribution in [2.24, 2.45) is 0 Å². The number of ether oxygens (including phenoxy) is 5. The number of rotatable bonds is 12. The van der Waals surface area contributed by atoms with Gasteiger partial charge in [-0.15, -0.1) is 0 Å². The zero-order valence-electron chi connectivity index (χ0n) is 23.0. The summed E-state index contributed by atoms with van der Waals surface area (Å²) < 4.78 is 26.4. The number of amides is 2. The molecular formula is C28H36N2O9. The van der Waals surface area contributed by atoms with Crippen molar-refractivity contribution < 1.29 is 43.2 Å². The molecule has 2 rings (SSSR count). The van der Waals surface area contributed by atoms with Gasteiger partial charge in [-0.05, 0) is 63.1 Å². The molecule has 2 aromatic carbocycles. The Morgan fingerprint density at radius 1 is 0.923 bits per heavy atom. The molecule has 0 heterocycles. The zero-order valence-corrected chi connectivity index (χ0v) is 23.0. The lowest BCUT2D eigenvalue weighted by atomic mass is 10.1. The number of methoxy groups -OCH3 is 2. The van der Waals surface area contributed by atoms with Crippen molar-refractivity contribution in [3.8, 4) is 17.2 Å². The van der Waals surface area contributed by atoms with Gasteiger partial charge in [-0.3, -0.25) is 4.79 Å². The molecule has 0 bridgehead atoms. The minimum Gasteiger partial charge on any atom is -0.497 e. The van der Waals surface area contributed by atoms with E-state index in [4.69, 9.17) is 28.8 Å². The van der Waals surface area contributed by atoms with E-state index in [1.807, 2.05) is 24.3 Å². The Balaban J connectivity index is 1.82. The van der Waals surface area contributed by atoms with E-state index in [9.17, 15) is 14.4 Å². The Labute approximate surface area is 228 Å². The SMILES string of the molecule is COc1cc(C=Cc2ccc(OC(=O)OCCNC(=O)C(NC(=O)O)C(C)OC(C)(C)C)cc2)cc(OC)c1. The van der Waals surface area contributed by atoms with Crippen LogP contribution in [0.3, 0.4) is 0 Å². The lowest BCUT2D eigenvalue weighted by Gasteiger charge is -2.30. The Hall–Kier alpha value is -4.25. The van der Waals surface area contributed by atoms with Gasteiger partial charge in [0.2, 0.25) is 5.91 Å². The Morgan fingerprint density at radius 3 is 2.05 bits per heavy atom. The third kappa shape index (κ3) is 11.3. The van der Waals surface area contributed by atoms with E-state index in [1.54, 1.807) is 72.2 Å². The summed E-state index contributed by atoms with van der Waals surface area (Å²) in [6.07, 6.45) is 0.750. The summed E-state index contributed by atoms with van der Waals surface area (Å²) >= 11 is 0. The topological polar surface area (TPSA) is 142 Å². The predicted octanol–water partition coefficient (Wildman–Crippen LogP) is 4.35. The maximum Gasteiger partial charge on any atom is 0.513 e. The first-order chi connectivity index (χ1) is 18.4. The second kappa shape index (κ2) is 14.6. The Morgan fingerprint density at radius 2 is 1.51 bits per heavy atom. The molecule has 0 aliphatic heterocycles. The normalized spacial score (nSPS) is 12.8. The molecule has 11 nitrogen and oxygen atoms in total. The summed E-state index contributed by atoms with van der Waals surface area (Å²) in [6, 6.07) is 11.2. The highest BCUT2D eigenvalue weighted by atomic mass is 16.7. The fourth-order valence-corrected chi connectivity index (χ4v) is 3.46. The Bertz CT molecular complexity index is 1120. The fourth-order valence-electron chi connectivity index (χ4n) is 3.46. The van der Waals surface area contributed by atoms with Gasteiger partial charge >= 0.3 is 12.2 Å². The van der Waals surface area contributed by atoms with Crippen molar-refractivity contribution in [1.29, 1.82) is 0 Å². The van der Waals surface area contributed by atoms with Gasteiger partial charge in [-0.2, -0.15) is 0 Å². The smallest absolute Gasteiger partial charge is 0.497 e. The molecule has 2 atom stereocenters. The second-order valence-electron chi connectivity index (χ2n) is 9.40. The maximum absolute atomic E-state index is 12.5.